The highest BCUT2D eigenvalue weighted by Gasteiger charge is 2.30. The molecule has 0 radical (unpaired) electrons. The SMILES string of the molecule is COC(=O)C(C)(C)CNC1CCCCC1C. The standard InChI is InChI=1S/C13H25NO2/c1-10-7-5-6-8-11(10)14-9-13(2,3)12(15)16-4/h10-11,14H,5-9H2,1-4H3. The lowest BCUT2D eigenvalue weighted by atomic mass is 9.84. The van der Waals surface area contributed by atoms with Gasteiger partial charge in [-0.15, -0.1) is 0 Å². The van der Waals surface area contributed by atoms with Crippen molar-refractivity contribution in [2.75, 3.05) is 13.7 Å². The van der Waals surface area contributed by atoms with E-state index in [1.54, 1.807) is 0 Å². The Hall–Kier alpha value is -0.570. The second-order valence-corrected chi connectivity index (χ2v) is 5.62. The number of nitrogens with one attached hydrogen (secondary N) is 1. The number of methoxy groups -OCH3 is 1. The van der Waals surface area contributed by atoms with E-state index < -0.39 is 5.41 Å². The molecule has 0 aliphatic heterocycles. The highest BCUT2D eigenvalue weighted by molar-refractivity contribution is 5.76. The summed E-state index contributed by atoms with van der Waals surface area (Å²) in [6.45, 7) is 6.86. The largest absolute Gasteiger partial charge is 0.469 e. The average molecular weight is 227 g/mol. The number of hydrogen-bond donors (Lipinski definition) is 1. The third-order valence-electron chi connectivity index (χ3n) is 3.66. The summed E-state index contributed by atoms with van der Waals surface area (Å²) in [4.78, 5) is 11.5. The summed E-state index contributed by atoms with van der Waals surface area (Å²) in [6.07, 6.45) is 5.19. The van der Waals surface area contributed by atoms with Crippen molar-refractivity contribution in [3.05, 3.63) is 0 Å². The lowest BCUT2D eigenvalue weighted by Gasteiger charge is -2.32. The van der Waals surface area contributed by atoms with Crippen LogP contribution in [0.4, 0.5) is 0 Å². The Balaban J connectivity index is 2.40. The van der Waals surface area contributed by atoms with Gasteiger partial charge >= 0.3 is 5.97 Å². The number of rotatable bonds is 4. The lowest BCUT2D eigenvalue weighted by Crippen LogP contribution is -2.45. The quantitative estimate of drug-likeness (QED) is 0.749. The van der Waals surface area contributed by atoms with Crippen LogP contribution in [0.25, 0.3) is 0 Å². The van der Waals surface area contributed by atoms with Gasteiger partial charge in [0.1, 0.15) is 0 Å². The lowest BCUT2D eigenvalue weighted by molar-refractivity contribution is -0.150. The monoisotopic (exact) mass is 227 g/mol. The molecular weight excluding hydrogens is 202 g/mol. The Morgan fingerprint density at radius 2 is 2.00 bits per heavy atom. The zero-order valence-corrected chi connectivity index (χ0v) is 11.0. The third-order valence-corrected chi connectivity index (χ3v) is 3.66. The van der Waals surface area contributed by atoms with Gasteiger partial charge in [0, 0.05) is 12.6 Å². The molecule has 0 heterocycles. The van der Waals surface area contributed by atoms with Gasteiger partial charge in [0.15, 0.2) is 0 Å². The Kier molecular flexibility index (Phi) is 4.78. The normalized spacial score (nSPS) is 26.5. The molecule has 94 valence electrons. The maximum absolute atomic E-state index is 11.5. The molecule has 1 fully saturated rings. The predicted octanol–water partition coefficient (Wildman–Crippen LogP) is 2.35. The van der Waals surface area contributed by atoms with Gasteiger partial charge in [0.25, 0.3) is 0 Å². The van der Waals surface area contributed by atoms with E-state index in [0.717, 1.165) is 5.92 Å². The molecule has 1 rings (SSSR count). The van der Waals surface area contributed by atoms with Crippen molar-refractivity contribution in [1.29, 1.82) is 0 Å². The topological polar surface area (TPSA) is 38.3 Å². The third kappa shape index (κ3) is 3.48. The molecule has 1 saturated carbocycles. The number of esters is 1. The van der Waals surface area contributed by atoms with Crippen LogP contribution in [0.15, 0.2) is 0 Å². The van der Waals surface area contributed by atoms with Crippen LogP contribution in [-0.4, -0.2) is 25.7 Å². The van der Waals surface area contributed by atoms with Gasteiger partial charge in [-0.1, -0.05) is 19.8 Å². The predicted molar refractivity (Wildman–Crippen MR) is 65.2 cm³/mol. The van der Waals surface area contributed by atoms with Crippen LogP contribution in [0.5, 0.6) is 0 Å². The van der Waals surface area contributed by atoms with E-state index in [0.29, 0.717) is 12.6 Å². The molecule has 0 aromatic carbocycles. The summed E-state index contributed by atoms with van der Waals surface area (Å²) in [5, 5.41) is 3.53. The fraction of sp³-hybridized carbons (Fsp3) is 0.923. The molecule has 3 nitrogen and oxygen atoms in total. The van der Waals surface area contributed by atoms with Crippen molar-refractivity contribution in [2.45, 2.75) is 52.5 Å². The minimum atomic E-state index is -0.425. The van der Waals surface area contributed by atoms with Gasteiger partial charge in [0.05, 0.1) is 12.5 Å². The summed E-state index contributed by atoms with van der Waals surface area (Å²) in [6, 6.07) is 0.567. The number of carbonyl (C=O) groups excluding carboxylic acids is 1. The molecule has 1 aliphatic rings. The second-order valence-electron chi connectivity index (χ2n) is 5.62. The second kappa shape index (κ2) is 5.67. The van der Waals surface area contributed by atoms with Gasteiger partial charge in [-0.25, -0.2) is 0 Å². The van der Waals surface area contributed by atoms with E-state index in [1.165, 1.54) is 32.8 Å². The summed E-state index contributed by atoms with van der Waals surface area (Å²) in [5.74, 6) is 0.589. The van der Waals surface area contributed by atoms with Crippen LogP contribution >= 0.6 is 0 Å². The molecule has 2 atom stereocenters. The first kappa shape index (κ1) is 13.5. The Labute approximate surface area is 98.9 Å². The molecule has 0 aromatic heterocycles. The molecule has 0 amide bonds. The summed E-state index contributed by atoms with van der Waals surface area (Å²) in [7, 11) is 1.45. The Morgan fingerprint density at radius 3 is 2.56 bits per heavy atom. The smallest absolute Gasteiger partial charge is 0.312 e. The number of hydrogen-bond acceptors (Lipinski definition) is 3. The molecule has 2 unspecified atom stereocenters. The van der Waals surface area contributed by atoms with Gasteiger partial charge in [-0.2, -0.15) is 0 Å². The first-order valence-electron chi connectivity index (χ1n) is 6.29. The molecule has 0 spiro atoms. The molecule has 3 heteroatoms. The van der Waals surface area contributed by atoms with Gasteiger partial charge in [-0.3, -0.25) is 4.79 Å². The van der Waals surface area contributed by atoms with E-state index in [1.807, 2.05) is 13.8 Å². The van der Waals surface area contributed by atoms with Crippen LogP contribution in [0.2, 0.25) is 0 Å². The fourth-order valence-electron chi connectivity index (χ4n) is 2.35. The van der Waals surface area contributed by atoms with E-state index >= 15 is 0 Å². The number of carbonyl (C=O) groups is 1. The molecule has 16 heavy (non-hydrogen) atoms. The highest BCUT2D eigenvalue weighted by atomic mass is 16.5. The Morgan fingerprint density at radius 1 is 1.38 bits per heavy atom. The van der Waals surface area contributed by atoms with Crippen molar-refractivity contribution in [2.24, 2.45) is 11.3 Å². The summed E-state index contributed by atoms with van der Waals surface area (Å²) >= 11 is 0. The minimum Gasteiger partial charge on any atom is -0.469 e. The highest BCUT2D eigenvalue weighted by Crippen LogP contribution is 2.25. The molecule has 0 saturated heterocycles. The first-order chi connectivity index (χ1) is 7.47. The maximum atomic E-state index is 11.5. The molecule has 1 N–H and O–H groups in total. The molecule has 1 aliphatic carbocycles. The zero-order chi connectivity index (χ0) is 12.2. The van der Waals surface area contributed by atoms with Crippen LogP contribution in [0.1, 0.15) is 46.5 Å². The zero-order valence-electron chi connectivity index (χ0n) is 11.0. The summed E-state index contributed by atoms with van der Waals surface area (Å²) in [5.41, 5.74) is -0.425. The van der Waals surface area contributed by atoms with E-state index in [2.05, 4.69) is 12.2 Å². The van der Waals surface area contributed by atoms with Crippen molar-refractivity contribution < 1.29 is 9.53 Å². The van der Waals surface area contributed by atoms with E-state index in [9.17, 15) is 4.79 Å². The van der Waals surface area contributed by atoms with Crippen LogP contribution in [0, 0.1) is 11.3 Å². The fourth-order valence-corrected chi connectivity index (χ4v) is 2.35. The number of ether oxygens (including phenoxy) is 1. The maximum Gasteiger partial charge on any atom is 0.312 e. The Bertz CT molecular complexity index is 238. The van der Waals surface area contributed by atoms with Crippen LogP contribution < -0.4 is 5.32 Å². The van der Waals surface area contributed by atoms with Gasteiger partial charge in [0.2, 0.25) is 0 Å². The average Bonchev–Trinajstić information content (AvgIpc) is 2.27. The van der Waals surface area contributed by atoms with Crippen molar-refractivity contribution >= 4 is 5.97 Å². The van der Waals surface area contributed by atoms with Crippen molar-refractivity contribution in [1.82, 2.24) is 5.32 Å². The van der Waals surface area contributed by atoms with Crippen LogP contribution in [0.3, 0.4) is 0 Å². The van der Waals surface area contributed by atoms with Gasteiger partial charge < -0.3 is 10.1 Å². The summed E-state index contributed by atoms with van der Waals surface area (Å²) < 4.78 is 4.80. The van der Waals surface area contributed by atoms with E-state index in [4.69, 9.17) is 4.74 Å². The van der Waals surface area contributed by atoms with Crippen molar-refractivity contribution in [3.63, 3.8) is 0 Å². The first-order valence-corrected chi connectivity index (χ1v) is 6.29. The van der Waals surface area contributed by atoms with Gasteiger partial charge in [-0.05, 0) is 32.6 Å². The molecule has 0 aromatic rings. The van der Waals surface area contributed by atoms with Crippen molar-refractivity contribution in [3.8, 4) is 0 Å². The minimum absolute atomic E-state index is 0.136. The molecule has 0 bridgehead atoms. The molecular formula is C13H25NO2. The van der Waals surface area contributed by atoms with Crippen LogP contribution in [-0.2, 0) is 9.53 Å². The van der Waals surface area contributed by atoms with E-state index in [-0.39, 0.29) is 5.97 Å².